The van der Waals surface area contributed by atoms with Crippen molar-refractivity contribution >= 4 is 55.6 Å². The van der Waals surface area contributed by atoms with Gasteiger partial charge in [0, 0.05) is 33.2 Å². The predicted molar refractivity (Wildman–Crippen MR) is 129 cm³/mol. The maximum Gasteiger partial charge on any atom is 0.183 e. The van der Waals surface area contributed by atoms with Crippen LogP contribution in [0.25, 0.3) is 10.2 Å². The number of nitrogens with one attached hydrogen (secondary N) is 1. The van der Waals surface area contributed by atoms with Gasteiger partial charge < -0.3 is 15.0 Å². The fraction of sp³-hybridized carbons (Fsp3) is 0.409. The summed E-state index contributed by atoms with van der Waals surface area (Å²) in [6.07, 6.45) is 2.17. The monoisotopic (exact) mass is 464 g/mol. The zero-order chi connectivity index (χ0) is 20.9. The Balaban J connectivity index is 1.17. The third-order valence-corrected chi connectivity index (χ3v) is 7.20. The van der Waals surface area contributed by atoms with Gasteiger partial charge in [0.15, 0.2) is 5.13 Å². The lowest BCUT2D eigenvalue weighted by molar-refractivity contribution is 0.238. The van der Waals surface area contributed by atoms with Crippen LogP contribution in [0.2, 0.25) is 10.0 Å². The Morgan fingerprint density at radius 1 is 1.10 bits per heavy atom. The molecule has 160 valence electrons. The fourth-order valence-electron chi connectivity index (χ4n) is 3.68. The third kappa shape index (κ3) is 5.11. The smallest absolute Gasteiger partial charge is 0.183 e. The highest BCUT2D eigenvalue weighted by Crippen LogP contribution is 2.33. The molecule has 0 radical (unpaired) electrons. The Morgan fingerprint density at radius 3 is 2.73 bits per heavy atom. The lowest BCUT2D eigenvalue weighted by Crippen LogP contribution is -2.46. The van der Waals surface area contributed by atoms with E-state index in [9.17, 15) is 0 Å². The van der Waals surface area contributed by atoms with E-state index in [2.05, 4.69) is 26.2 Å². The van der Waals surface area contributed by atoms with Crippen molar-refractivity contribution in [1.82, 2.24) is 9.88 Å². The van der Waals surface area contributed by atoms with Crippen LogP contribution in [-0.4, -0.2) is 56.3 Å². The summed E-state index contributed by atoms with van der Waals surface area (Å²) in [7, 11) is 1.89. The van der Waals surface area contributed by atoms with Crippen LogP contribution in [-0.2, 0) is 0 Å². The Labute approximate surface area is 191 Å². The second-order valence-electron chi connectivity index (χ2n) is 7.36. The van der Waals surface area contributed by atoms with Crippen LogP contribution in [0.3, 0.4) is 0 Å². The average molecular weight is 465 g/mol. The second kappa shape index (κ2) is 10.1. The maximum absolute atomic E-state index is 6.37. The Bertz CT molecular complexity index is 988. The lowest BCUT2D eigenvalue weighted by atomic mass is 10.2. The van der Waals surface area contributed by atoms with Gasteiger partial charge >= 0.3 is 0 Å². The third-order valence-electron chi connectivity index (χ3n) is 5.36. The van der Waals surface area contributed by atoms with E-state index < -0.39 is 0 Å². The molecule has 2 aromatic carbocycles. The molecule has 4 rings (SSSR count). The van der Waals surface area contributed by atoms with Crippen LogP contribution in [0.1, 0.15) is 12.8 Å². The molecule has 0 amide bonds. The molecule has 8 heteroatoms. The zero-order valence-electron chi connectivity index (χ0n) is 17.0. The van der Waals surface area contributed by atoms with Crippen LogP contribution in [0, 0.1) is 0 Å². The van der Waals surface area contributed by atoms with Gasteiger partial charge in [0.05, 0.1) is 32.6 Å². The molecule has 1 aromatic heterocycles. The van der Waals surface area contributed by atoms with E-state index >= 15 is 0 Å². The van der Waals surface area contributed by atoms with Gasteiger partial charge in [-0.3, -0.25) is 4.90 Å². The molecule has 0 unspecified atom stereocenters. The molecule has 1 aliphatic rings. The van der Waals surface area contributed by atoms with E-state index in [1.165, 1.54) is 0 Å². The van der Waals surface area contributed by atoms with E-state index in [0.29, 0.717) is 10.0 Å². The number of ether oxygens (including phenoxy) is 1. The van der Waals surface area contributed by atoms with E-state index in [4.69, 9.17) is 27.9 Å². The average Bonchev–Trinajstić information content (AvgIpc) is 3.18. The van der Waals surface area contributed by atoms with Gasteiger partial charge in [-0.15, -0.1) is 0 Å². The van der Waals surface area contributed by atoms with Crippen LogP contribution >= 0.6 is 34.5 Å². The first kappa shape index (κ1) is 21.5. The van der Waals surface area contributed by atoms with Crippen molar-refractivity contribution in [3.63, 3.8) is 0 Å². The number of unbranched alkanes of at least 4 members (excludes halogenated alkanes) is 1. The van der Waals surface area contributed by atoms with Crippen molar-refractivity contribution in [2.24, 2.45) is 0 Å². The standard InChI is InChI=1S/C22H26Cl2N4OS/c1-25-22-26-18-8-7-16(15-20(18)30-22)29-14-3-2-9-27-10-12-28(13-11-27)19-6-4-5-17(23)21(19)24/h4-8,15H,2-3,9-14H2,1H3,(H,25,26). The fourth-order valence-corrected chi connectivity index (χ4v) is 4.94. The van der Waals surface area contributed by atoms with Crippen molar-refractivity contribution in [2.45, 2.75) is 12.8 Å². The number of anilines is 2. The number of halogens is 2. The topological polar surface area (TPSA) is 40.6 Å². The minimum atomic E-state index is 0.619. The number of thiazole rings is 1. The van der Waals surface area contributed by atoms with Gasteiger partial charge in [0.2, 0.25) is 0 Å². The summed E-state index contributed by atoms with van der Waals surface area (Å²) in [5.74, 6) is 0.917. The number of rotatable bonds is 8. The molecule has 1 N–H and O–H groups in total. The van der Waals surface area contributed by atoms with Gasteiger partial charge in [-0.25, -0.2) is 4.98 Å². The van der Waals surface area contributed by atoms with Crippen molar-refractivity contribution in [3.8, 4) is 5.75 Å². The molecular formula is C22H26Cl2N4OS. The zero-order valence-corrected chi connectivity index (χ0v) is 19.4. The van der Waals surface area contributed by atoms with Crippen molar-refractivity contribution in [2.75, 3.05) is 56.6 Å². The number of benzene rings is 2. The van der Waals surface area contributed by atoms with Gasteiger partial charge in [-0.1, -0.05) is 40.6 Å². The van der Waals surface area contributed by atoms with E-state index in [-0.39, 0.29) is 0 Å². The van der Waals surface area contributed by atoms with Crippen molar-refractivity contribution in [3.05, 3.63) is 46.4 Å². The summed E-state index contributed by atoms with van der Waals surface area (Å²) in [6.45, 7) is 5.86. The van der Waals surface area contributed by atoms with E-state index in [1.54, 1.807) is 11.3 Å². The quantitative estimate of drug-likeness (QED) is 0.437. The van der Waals surface area contributed by atoms with Gasteiger partial charge in [-0.05, 0) is 49.7 Å². The minimum absolute atomic E-state index is 0.619. The number of nitrogens with zero attached hydrogens (tertiary/aromatic N) is 3. The number of aromatic nitrogens is 1. The molecule has 3 aromatic rings. The first-order chi connectivity index (χ1) is 14.6. The van der Waals surface area contributed by atoms with Crippen LogP contribution in [0.15, 0.2) is 36.4 Å². The van der Waals surface area contributed by atoms with Crippen LogP contribution < -0.4 is 15.0 Å². The van der Waals surface area contributed by atoms with Crippen LogP contribution in [0.5, 0.6) is 5.75 Å². The Morgan fingerprint density at radius 2 is 1.93 bits per heavy atom. The largest absolute Gasteiger partial charge is 0.494 e. The molecule has 30 heavy (non-hydrogen) atoms. The first-order valence-electron chi connectivity index (χ1n) is 10.3. The summed E-state index contributed by atoms with van der Waals surface area (Å²) >= 11 is 14.2. The molecule has 0 saturated carbocycles. The number of hydrogen-bond donors (Lipinski definition) is 1. The minimum Gasteiger partial charge on any atom is -0.494 e. The summed E-state index contributed by atoms with van der Waals surface area (Å²) < 4.78 is 7.10. The second-order valence-corrected chi connectivity index (χ2v) is 9.17. The molecule has 2 heterocycles. The molecule has 0 atom stereocenters. The number of fused-ring (bicyclic) bond motifs is 1. The molecule has 1 fully saturated rings. The van der Waals surface area contributed by atoms with Crippen molar-refractivity contribution < 1.29 is 4.74 Å². The van der Waals surface area contributed by atoms with Gasteiger partial charge in [0.25, 0.3) is 0 Å². The number of piperazine rings is 1. The summed E-state index contributed by atoms with van der Waals surface area (Å²) in [5.41, 5.74) is 2.05. The van der Waals surface area contributed by atoms with E-state index in [0.717, 1.165) is 79.0 Å². The summed E-state index contributed by atoms with van der Waals surface area (Å²) in [4.78, 5) is 9.33. The highest BCUT2D eigenvalue weighted by atomic mass is 35.5. The van der Waals surface area contributed by atoms with E-state index in [1.807, 2.05) is 37.4 Å². The molecule has 0 bridgehead atoms. The summed E-state index contributed by atoms with van der Waals surface area (Å²) in [5, 5.41) is 5.30. The highest BCUT2D eigenvalue weighted by molar-refractivity contribution is 7.22. The molecular weight excluding hydrogens is 439 g/mol. The first-order valence-corrected chi connectivity index (χ1v) is 11.8. The molecule has 1 saturated heterocycles. The lowest BCUT2D eigenvalue weighted by Gasteiger charge is -2.36. The van der Waals surface area contributed by atoms with Gasteiger partial charge in [0.1, 0.15) is 5.75 Å². The molecule has 5 nitrogen and oxygen atoms in total. The number of hydrogen-bond acceptors (Lipinski definition) is 6. The maximum atomic E-state index is 6.37. The molecule has 1 aliphatic heterocycles. The predicted octanol–water partition coefficient (Wildman–Crippen LogP) is 5.63. The highest BCUT2D eigenvalue weighted by Gasteiger charge is 2.19. The van der Waals surface area contributed by atoms with Crippen LogP contribution in [0.4, 0.5) is 10.8 Å². The Hall–Kier alpha value is -1.73. The van der Waals surface area contributed by atoms with Gasteiger partial charge in [-0.2, -0.15) is 0 Å². The molecule has 0 spiro atoms. The normalized spacial score (nSPS) is 15.0. The summed E-state index contributed by atoms with van der Waals surface area (Å²) in [6, 6.07) is 11.9. The molecule has 0 aliphatic carbocycles. The SMILES string of the molecule is CNc1nc2ccc(OCCCCN3CCN(c4cccc(Cl)c4Cl)CC3)cc2s1. The Kier molecular flexibility index (Phi) is 7.20. The van der Waals surface area contributed by atoms with Crippen molar-refractivity contribution in [1.29, 1.82) is 0 Å².